The Kier molecular flexibility index (Phi) is 7.13. The summed E-state index contributed by atoms with van der Waals surface area (Å²) in [5, 5.41) is 91.7. The summed E-state index contributed by atoms with van der Waals surface area (Å²) in [6.07, 6.45) is 0. The first-order chi connectivity index (χ1) is 30.6. The lowest BCUT2D eigenvalue weighted by Crippen LogP contribution is -2.26. The highest BCUT2D eigenvalue weighted by atomic mass is 16.4. The number of nitrogens with zero attached hydrogens (tertiary/aromatic N) is 1. The lowest BCUT2D eigenvalue weighted by Gasteiger charge is -2.33. The Bertz CT molecular complexity index is 3280. The molecule has 0 fully saturated rings. The molecule has 9 nitrogen and oxygen atoms in total. The van der Waals surface area contributed by atoms with E-state index in [1.54, 1.807) is 12.1 Å². The largest absolute Gasteiger partial charge is 0.504 e. The zero-order valence-corrected chi connectivity index (χ0v) is 35.1. The molecular formula is C55H41NO8. The minimum absolute atomic E-state index is 0.171. The van der Waals surface area contributed by atoms with Crippen LogP contribution in [0.4, 0.5) is 17.1 Å². The van der Waals surface area contributed by atoms with Gasteiger partial charge in [-0.15, -0.1) is 0 Å². The zero-order valence-electron chi connectivity index (χ0n) is 35.1. The molecule has 0 atom stereocenters. The molecule has 4 aliphatic carbocycles. The van der Waals surface area contributed by atoms with Gasteiger partial charge >= 0.3 is 0 Å². The van der Waals surface area contributed by atoms with Crippen molar-refractivity contribution in [3.63, 3.8) is 0 Å². The average Bonchev–Trinajstić information content (AvgIpc) is 3.94. The number of hydrogen-bond donors (Lipinski definition) is 8. The van der Waals surface area contributed by atoms with Crippen LogP contribution >= 0.6 is 0 Å². The quantitative estimate of drug-likeness (QED) is 0.0638. The molecule has 64 heavy (non-hydrogen) atoms. The second-order valence-electron chi connectivity index (χ2n) is 18.4. The van der Waals surface area contributed by atoms with Crippen molar-refractivity contribution in [2.45, 2.75) is 43.9 Å². The van der Waals surface area contributed by atoms with Crippen molar-refractivity contribution < 1.29 is 40.9 Å². The normalized spacial score (nSPS) is 15.4. The van der Waals surface area contributed by atoms with E-state index in [2.05, 4.69) is 118 Å². The van der Waals surface area contributed by atoms with E-state index in [1.165, 1.54) is 22.3 Å². The van der Waals surface area contributed by atoms with Crippen molar-refractivity contribution in [2.75, 3.05) is 4.90 Å². The highest BCUT2D eigenvalue weighted by Gasteiger charge is 2.59. The molecule has 1 spiro atoms. The summed E-state index contributed by atoms with van der Waals surface area (Å²) >= 11 is 0. The average molecular weight is 844 g/mol. The molecule has 0 unspecified atom stereocenters. The molecule has 0 saturated carbocycles. The summed E-state index contributed by atoms with van der Waals surface area (Å²) in [7, 11) is 0. The third-order valence-corrected chi connectivity index (χ3v) is 14.7. The van der Waals surface area contributed by atoms with Gasteiger partial charge in [-0.2, -0.15) is 0 Å². The molecule has 0 heterocycles. The maximum Gasteiger partial charge on any atom is 0.204 e. The molecule has 0 saturated heterocycles. The number of hydrogen-bond acceptors (Lipinski definition) is 9. The van der Waals surface area contributed by atoms with Crippen molar-refractivity contribution in [1.82, 2.24) is 0 Å². The van der Waals surface area contributed by atoms with Crippen molar-refractivity contribution in [2.24, 2.45) is 0 Å². The van der Waals surface area contributed by atoms with Crippen LogP contribution in [0.3, 0.4) is 0 Å². The van der Waals surface area contributed by atoms with Crippen LogP contribution < -0.4 is 4.90 Å². The lowest BCUT2D eigenvalue weighted by molar-refractivity contribution is 0.342. The van der Waals surface area contributed by atoms with Gasteiger partial charge in [0.25, 0.3) is 0 Å². The maximum atomic E-state index is 12.0. The molecule has 0 aliphatic heterocycles. The fourth-order valence-corrected chi connectivity index (χ4v) is 11.9. The topological polar surface area (TPSA) is 165 Å². The first kappa shape index (κ1) is 37.7. The minimum Gasteiger partial charge on any atom is -0.504 e. The fourth-order valence-electron chi connectivity index (χ4n) is 11.9. The van der Waals surface area contributed by atoms with E-state index in [0.29, 0.717) is 27.9 Å². The highest BCUT2D eigenvalue weighted by Crippen LogP contribution is 2.74. The highest BCUT2D eigenvalue weighted by molar-refractivity contribution is 6.07. The summed E-state index contributed by atoms with van der Waals surface area (Å²) in [5.74, 6) is -7.66. The summed E-state index contributed by atoms with van der Waals surface area (Å²) in [6, 6.07) is 43.0. The van der Waals surface area contributed by atoms with Crippen LogP contribution in [-0.2, 0) is 16.2 Å². The molecule has 0 bridgehead atoms. The Morgan fingerprint density at radius 3 is 1.20 bits per heavy atom. The molecule has 0 amide bonds. The van der Waals surface area contributed by atoms with Crippen LogP contribution in [-0.4, -0.2) is 40.9 Å². The number of phenols is 8. The molecule has 8 aromatic carbocycles. The van der Waals surface area contributed by atoms with Gasteiger partial charge in [0.15, 0.2) is 23.0 Å². The Labute approximate surface area is 367 Å². The summed E-state index contributed by atoms with van der Waals surface area (Å²) in [5.41, 5.74) is 10.6. The van der Waals surface area contributed by atoms with Crippen LogP contribution in [0, 0.1) is 0 Å². The monoisotopic (exact) mass is 843 g/mol. The van der Waals surface area contributed by atoms with Crippen LogP contribution in [0.15, 0.2) is 127 Å². The molecule has 9 heteroatoms. The molecular weight excluding hydrogens is 803 g/mol. The zero-order chi connectivity index (χ0) is 44.5. The molecule has 314 valence electrons. The van der Waals surface area contributed by atoms with Gasteiger partial charge in [-0.1, -0.05) is 125 Å². The Hall–Kier alpha value is -8.04. The molecule has 12 rings (SSSR count). The third-order valence-electron chi connectivity index (χ3n) is 14.7. The summed E-state index contributed by atoms with van der Waals surface area (Å²) in [6.45, 7) is 8.95. The molecule has 4 aliphatic rings. The van der Waals surface area contributed by atoms with Crippen molar-refractivity contribution in [3.8, 4) is 90.5 Å². The van der Waals surface area contributed by atoms with Crippen LogP contribution in [0.5, 0.6) is 46.0 Å². The second kappa shape index (κ2) is 12.1. The van der Waals surface area contributed by atoms with Gasteiger partial charge in [0.05, 0.1) is 11.1 Å². The van der Waals surface area contributed by atoms with E-state index in [-0.39, 0.29) is 33.1 Å². The Balaban J connectivity index is 1.20. The van der Waals surface area contributed by atoms with E-state index in [0.717, 1.165) is 33.6 Å². The van der Waals surface area contributed by atoms with E-state index in [4.69, 9.17) is 0 Å². The maximum absolute atomic E-state index is 12.0. The van der Waals surface area contributed by atoms with Crippen molar-refractivity contribution >= 4 is 17.1 Å². The van der Waals surface area contributed by atoms with Gasteiger partial charge in [-0.05, 0) is 91.5 Å². The van der Waals surface area contributed by atoms with Crippen LogP contribution in [0.25, 0.3) is 44.5 Å². The second-order valence-corrected chi connectivity index (χ2v) is 18.4. The Morgan fingerprint density at radius 1 is 0.328 bits per heavy atom. The first-order valence-corrected chi connectivity index (χ1v) is 21.2. The van der Waals surface area contributed by atoms with Crippen molar-refractivity contribution in [1.29, 1.82) is 0 Å². The standard InChI is InChI=1S/C55H41NO8/c1-53(2)33-15-8-5-12-28(33)30-22-20-26(24-37(30)53)56(27-21-23-31-29-13-6-9-16-34(29)54(3,4)38(31)25-27)39-19-11-18-36-40(39)32-14-7-10-17-35(32)55(36)43-41(45(57)49(61)51(63)47(43)59)42-44(55)48(60)52(64)50(62)46(42)58/h5-25,57-64H,1-4H3. The lowest BCUT2D eigenvalue weighted by atomic mass is 9.69. The van der Waals surface area contributed by atoms with Crippen molar-refractivity contribution in [3.05, 3.63) is 172 Å². The number of aromatic hydroxyl groups is 8. The number of phenolic OH excluding ortho intramolecular Hbond substituents is 8. The van der Waals surface area contributed by atoms with E-state index < -0.39 is 51.4 Å². The van der Waals surface area contributed by atoms with Gasteiger partial charge < -0.3 is 45.8 Å². The van der Waals surface area contributed by atoms with Gasteiger partial charge in [-0.3, -0.25) is 0 Å². The Morgan fingerprint density at radius 2 is 0.719 bits per heavy atom. The third kappa shape index (κ3) is 4.24. The number of benzene rings is 8. The molecule has 0 radical (unpaired) electrons. The van der Waals surface area contributed by atoms with E-state index in [9.17, 15) is 40.9 Å². The number of fused-ring (bicyclic) bond motifs is 16. The molecule has 0 aromatic heterocycles. The number of anilines is 3. The van der Waals surface area contributed by atoms with Gasteiger partial charge in [0.1, 0.15) is 0 Å². The van der Waals surface area contributed by atoms with Gasteiger partial charge in [0.2, 0.25) is 23.0 Å². The predicted octanol–water partition coefficient (Wildman–Crippen LogP) is 11.8. The predicted molar refractivity (Wildman–Crippen MR) is 246 cm³/mol. The first-order valence-electron chi connectivity index (χ1n) is 21.2. The smallest absolute Gasteiger partial charge is 0.204 e. The van der Waals surface area contributed by atoms with Gasteiger partial charge in [-0.25, -0.2) is 0 Å². The molecule has 8 N–H and O–H groups in total. The fraction of sp³-hybridized carbons (Fsp3) is 0.127. The van der Waals surface area contributed by atoms with E-state index in [1.807, 2.05) is 30.3 Å². The summed E-state index contributed by atoms with van der Waals surface area (Å²) in [4.78, 5) is 2.21. The minimum atomic E-state index is -1.85. The van der Waals surface area contributed by atoms with Crippen LogP contribution in [0.2, 0.25) is 0 Å². The van der Waals surface area contributed by atoms with E-state index >= 15 is 0 Å². The SMILES string of the molecule is CC1(C)c2ccccc2-c2ccc(N(c3ccc4c(c3)C(C)(C)c3ccccc3-4)c3cccc4c3-c3ccccc3C43c4c(O)c(O)c(O)c(O)c4-c4c(O)c(O)c(O)c(O)c43)cc21. The number of rotatable bonds is 3. The van der Waals surface area contributed by atoms with Gasteiger partial charge in [0, 0.05) is 50.0 Å². The molecule has 8 aromatic rings. The van der Waals surface area contributed by atoms with Crippen LogP contribution in [0.1, 0.15) is 72.2 Å². The summed E-state index contributed by atoms with van der Waals surface area (Å²) < 4.78 is 0.